The van der Waals surface area contributed by atoms with Crippen LogP contribution in [0.5, 0.6) is 0 Å². The molecule has 1 aliphatic rings. The molecule has 0 aliphatic heterocycles. The van der Waals surface area contributed by atoms with E-state index in [1.54, 1.807) is 13.3 Å². The summed E-state index contributed by atoms with van der Waals surface area (Å²) >= 11 is 0. The lowest BCUT2D eigenvalue weighted by molar-refractivity contribution is -0.0601. The normalized spacial score (nSPS) is 17.4. The highest BCUT2D eigenvalue weighted by Crippen LogP contribution is 2.35. The molecule has 0 amide bonds. The molecule has 0 unspecified atom stereocenters. The van der Waals surface area contributed by atoms with Crippen LogP contribution in [0.3, 0.4) is 0 Å². The predicted octanol–water partition coefficient (Wildman–Crippen LogP) is 2.61. The molecule has 1 N–H and O–H groups in total. The Morgan fingerprint density at radius 1 is 1.33 bits per heavy atom. The highest BCUT2D eigenvalue weighted by Gasteiger charge is 2.36. The molecule has 0 spiro atoms. The van der Waals surface area contributed by atoms with Crippen molar-refractivity contribution in [2.75, 3.05) is 19.0 Å². The molecule has 1 fully saturated rings. The van der Waals surface area contributed by atoms with E-state index < -0.39 is 0 Å². The first-order valence-corrected chi connectivity index (χ1v) is 6.32. The Balaban J connectivity index is 1.82. The Hall–Kier alpha value is -1.68. The summed E-state index contributed by atoms with van der Waals surface area (Å²) in [6, 6.07) is 8.03. The van der Waals surface area contributed by atoms with Crippen molar-refractivity contribution in [2.24, 2.45) is 0 Å². The molecular formula is C14H17N3O. The van der Waals surface area contributed by atoms with E-state index in [1.165, 1.54) is 6.42 Å². The van der Waals surface area contributed by atoms with Crippen LogP contribution in [0.15, 0.2) is 30.5 Å². The van der Waals surface area contributed by atoms with Crippen LogP contribution in [0.1, 0.15) is 19.3 Å². The molecule has 94 valence electrons. The molecule has 4 nitrogen and oxygen atoms in total. The van der Waals surface area contributed by atoms with Gasteiger partial charge in [0, 0.05) is 19.0 Å². The van der Waals surface area contributed by atoms with Gasteiger partial charge < -0.3 is 10.1 Å². The summed E-state index contributed by atoms with van der Waals surface area (Å²) in [5.74, 6) is 0. The van der Waals surface area contributed by atoms with Gasteiger partial charge in [-0.3, -0.25) is 0 Å². The number of ether oxygens (including phenoxy) is 1. The van der Waals surface area contributed by atoms with Gasteiger partial charge in [-0.2, -0.15) is 10.2 Å². The smallest absolute Gasteiger partial charge is 0.0950 e. The molecule has 1 saturated carbocycles. The Labute approximate surface area is 106 Å². The van der Waals surface area contributed by atoms with Crippen LogP contribution in [-0.2, 0) is 4.74 Å². The lowest BCUT2D eigenvalue weighted by Gasteiger charge is -2.40. The fraction of sp³-hybridized carbons (Fsp3) is 0.429. The van der Waals surface area contributed by atoms with E-state index in [4.69, 9.17) is 4.74 Å². The van der Waals surface area contributed by atoms with Gasteiger partial charge in [0.1, 0.15) is 0 Å². The van der Waals surface area contributed by atoms with Crippen LogP contribution in [0, 0.1) is 0 Å². The van der Waals surface area contributed by atoms with Gasteiger partial charge in [0.25, 0.3) is 0 Å². The summed E-state index contributed by atoms with van der Waals surface area (Å²) in [5.41, 5.74) is 1.97. The standard InChI is InChI=1S/C14H17N3O/c1-18-14(7-4-8-14)10-15-13-9-16-17-12-6-3-2-5-11(12)13/h2-3,5-6,9H,4,7-8,10H2,1H3,(H,15,17). The van der Waals surface area contributed by atoms with Crippen LogP contribution in [0.25, 0.3) is 10.9 Å². The second-order valence-corrected chi connectivity index (χ2v) is 4.87. The molecule has 0 bridgehead atoms. The minimum absolute atomic E-state index is 0.0182. The lowest BCUT2D eigenvalue weighted by Crippen LogP contribution is -2.45. The fourth-order valence-corrected chi connectivity index (χ4v) is 2.43. The SMILES string of the molecule is COC1(CNc2cnnc3ccccc23)CCC1. The average molecular weight is 243 g/mol. The number of nitrogens with zero attached hydrogens (tertiary/aromatic N) is 2. The molecule has 0 atom stereocenters. The number of anilines is 1. The number of hydrogen-bond acceptors (Lipinski definition) is 4. The minimum atomic E-state index is 0.0182. The monoisotopic (exact) mass is 243 g/mol. The second kappa shape index (κ2) is 4.53. The van der Waals surface area contributed by atoms with Crippen LogP contribution < -0.4 is 5.32 Å². The van der Waals surface area contributed by atoms with Crippen molar-refractivity contribution in [3.05, 3.63) is 30.5 Å². The van der Waals surface area contributed by atoms with E-state index in [1.807, 2.05) is 18.2 Å². The first kappa shape index (κ1) is 11.4. The van der Waals surface area contributed by atoms with Gasteiger partial charge in [0.2, 0.25) is 0 Å². The number of methoxy groups -OCH3 is 1. The summed E-state index contributed by atoms with van der Waals surface area (Å²) in [6.45, 7) is 0.833. The lowest BCUT2D eigenvalue weighted by atomic mass is 9.80. The number of benzene rings is 1. The van der Waals surface area contributed by atoms with Gasteiger partial charge in [-0.15, -0.1) is 0 Å². The third-order valence-electron chi connectivity index (χ3n) is 3.85. The number of aromatic nitrogens is 2. The van der Waals surface area contributed by atoms with Crippen molar-refractivity contribution in [1.29, 1.82) is 0 Å². The molecule has 0 radical (unpaired) electrons. The topological polar surface area (TPSA) is 47.0 Å². The zero-order valence-corrected chi connectivity index (χ0v) is 10.5. The van der Waals surface area contributed by atoms with E-state index in [2.05, 4.69) is 21.6 Å². The Morgan fingerprint density at radius 2 is 2.17 bits per heavy atom. The Kier molecular flexibility index (Phi) is 2.88. The molecule has 1 aromatic heterocycles. The molecule has 1 aromatic carbocycles. The highest BCUT2D eigenvalue weighted by molar-refractivity contribution is 5.90. The van der Waals surface area contributed by atoms with Crippen LogP contribution in [0.4, 0.5) is 5.69 Å². The molecule has 4 heteroatoms. The van der Waals surface area contributed by atoms with E-state index in [0.29, 0.717) is 0 Å². The molecule has 1 aliphatic carbocycles. The Bertz CT molecular complexity index is 541. The summed E-state index contributed by atoms with van der Waals surface area (Å²) in [5, 5.41) is 12.7. The minimum Gasteiger partial charge on any atom is -0.380 e. The van der Waals surface area contributed by atoms with Crippen molar-refractivity contribution >= 4 is 16.6 Å². The third-order valence-corrected chi connectivity index (χ3v) is 3.85. The van der Waals surface area contributed by atoms with Crippen molar-refractivity contribution < 1.29 is 4.74 Å². The van der Waals surface area contributed by atoms with Crippen molar-refractivity contribution in [1.82, 2.24) is 10.2 Å². The summed E-state index contributed by atoms with van der Waals surface area (Å²) < 4.78 is 5.61. The first-order valence-electron chi connectivity index (χ1n) is 6.32. The maximum atomic E-state index is 5.61. The molecular weight excluding hydrogens is 226 g/mol. The number of fused-ring (bicyclic) bond motifs is 1. The molecule has 2 aromatic rings. The zero-order valence-electron chi connectivity index (χ0n) is 10.5. The fourth-order valence-electron chi connectivity index (χ4n) is 2.43. The molecule has 0 saturated heterocycles. The Morgan fingerprint density at radius 3 is 2.89 bits per heavy atom. The van der Waals surface area contributed by atoms with E-state index in [0.717, 1.165) is 36.0 Å². The summed E-state index contributed by atoms with van der Waals surface area (Å²) in [7, 11) is 1.80. The number of hydrogen-bond donors (Lipinski definition) is 1. The quantitative estimate of drug-likeness (QED) is 0.896. The average Bonchev–Trinajstić information content (AvgIpc) is 2.38. The number of rotatable bonds is 4. The van der Waals surface area contributed by atoms with Crippen molar-refractivity contribution in [3.63, 3.8) is 0 Å². The van der Waals surface area contributed by atoms with Crippen molar-refractivity contribution in [3.8, 4) is 0 Å². The van der Waals surface area contributed by atoms with Gasteiger partial charge in [0.05, 0.1) is 23.0 Å². The predicted molar refractivity (Wildman–Crippen MR) is 71.6 cm³/mol. The highest BCUT2D eigenvalue weighted by atomic mass is 16.5. The van der Waals surface area contributed by atoms with Gasteiger partial charge in [-0.25, -0.2) is 0 Å². The zero-order chi connectivity index (χ0) is 12.4. The van der Waals surface area contributed by atoms with Gasteiger partial charge in [-0.1, -0.05) is 18.2 Å². The largest absolute Gasteiger partial charge is 0.380 e. The molecule has 3 rings (SSSR count). The second-order valence-electron chi connectivity index (χ2n) is 4.87. The van der Waals surface area contributed by atoms with E-state index in [9.17, 15) is 0 Å². The van der Waals surface area contributed by atoms with Gasteiger partial charge >= 0.3 is 0 Å². The first-order chi connectivity index (χ1) is 8.83. The number of nitrogens with one attached hydrogen (secondary N) is 1. The van der Waals surface area contributed by atoms with E-state index in [-0.39, 0.29) is 5.60 Å². The maximum absolute atomic E-state index is 5.61. The van der Waals surface area contributed by atoms with Crippen LogP contribution in [-0.4, -0.2) is 29.5 Å². The summed E-state index contributed by atoms with van der Waals surface area (Å²) in [4.78, 5) is 0. The van der Waals surface area contributed by atoms with E-state index >= 15 is 0 Å². The molecule has 1 heterocycles. The van der Waals surface area contributed by atoms with Crippen LogP contribution >= 0.6 is 0 Å². The van der Waals surface area contributed by atoms with Crippen LogP contribution in [0.2, 0.25) is 0 Å². The molecule has 18 heavy (non-hydrogen) atoms. The third kappa shape index (κ3) is 1.93. The van der Waals surface area contributed by atoms with Crippen molar-refractivity contribution in [2.45, 2.75) is 24.9 Å². The van der Waals surface area contributed by atoms with Gasteiger partial charge in [0.15, 0.2) is 0 Å². The maximum Gasteiger partial charge on any atom is 0.0950 e. The summed E-state index contributed by atoms with van der Waals surface area (Å²) in [6.07, 6.45) is 5.30. The van der Waals surface area contributed by atoms with Gasteiger partial charge in [-0.05, 0) is 25.3 Å².